The zero-order valence-electron chi connectivity index (χ0n) is 7.61. The van der Waals surface area contributed by atoms with Crippen molar-refractivity contribution in [3.63, 3.8) is 0 Å². The maximum absolute atomic E-state index is 10.4. The lowest BCUT2D eigenvalue weighted by Crippen LogP contribution is -1.89. The van der Waals surface area contributed by atoms with Crippen molar-refractivity contribution in [2.75, 3.05) is 0 Å². The van der Waals surface area contributed by atoms with Crippen molar-refractivity contribution in [3.05, 3.63) is 51.3 Å². The largest absolute Gasteiger partial charge is 0.361 e. The zero-order chi connectivity index (χ0) is 10.8. The van der Waals surface area contributed by atoms with Gasteiger partial charge in [0.15, 0.2) is 0 Å². The Morgan fingerprint density at radius 3 is 2.93 bits per heavy atom. The summed E-state index contributed by atoms with van der Waals surface area (Å²) < 4.78 is 0. The van der Waals surface area contributed by atoms with Crippen molar-refractivity contribution in [1.82, 2.24) is 4.98 Å². The molecule has 0 saturated carbocycles. The molecule has 1 aromatic carbocycles. The highest BCUT2D eigenvalue weighted by Crippen LogP contribution is 2.21. The summed E-state index contributed by atoms with van der Waals surface area (Å²) in [7, 11) is 0. The van der Waals surface area contributed by atoms with Crippen molar-refractivity contribution in [2.24, 2.45) is 0 Å². The molecule has 2 rings (SSSR count). The summed E-state index contributed by atoms with van der Waals surface area (Å²) in [4.78, 5) is 12.7. The van der Waals surface area contributed by atoms with Crippen molar-refractivity contribution in [1.29, 1.82) is 0 Å². The molecule has 4 nitrogen and oxygen atoms in total. The number of fused-ring (bicyclic) bond motifs is 1. The number of nitrogens with zero attached hydrogens (tertiary/aromatic N) is 1. The molecular weight excluding hydrogens is 216 g/mol. The third kappa shape index (κ3) is 1.85. The van der Waals surface area contributed by atoms with Crippen LogP contribution in [0.3, 0.4) is 0 Å². The maximum atomic E-state index is 10.4. The number of nitrogens with one attached hydrogen (secondary N) is 1. The lowest BCUT2D eigenvalue weighted by Gasteiger charge is -1.90. The van der Waals surface area contributed by atoms with Gasteiger partial charge in [-0.3, -0.25) is 10.1 Å². The second-order valence-electron chi connectivity index (χ2n) is 3.01. The van der Waals surface area contributed by atoms with E-state index in [4.69, 9.17) is 11.6 Å². The molecule has 5 heteroatoms. The van der Waals surface area contributed by atoms with E-state index in [0.29, 0.717) is 5.56 Å². The normalized spacial score (nSPS) is 11.9. The predicted octanol–water partition coefficient (Wildman–Crippen LogP) is 2.98. The van der Waals surface area contributed by atoms with E-state index in [1.54, 1.807) is 6.20 Å². The van der Waals surface area contributed by atoms with E-state index in [1.165, 1.54) is 6.08 Å². The maximum Gasteiger partial charge on any atom is 0.337 e. The quantitative estimate of drug-likeness (QED) is 0.482. The SMILES string of the molecule is O=[N+]([O-])C(Cl)=Cc1c[nH]c2ccccc12. The van der Waals surface area contributed by atoms with E-state index >= 15 is 0 Å². The van der Waals surface area contributed by atoms with Gasteiger partial charge in [-0.1, -0.05) is 18.2 Å². The van der Waals surface area contributed by atoms with Crippen molar-refractivity contribution >= 4 is 28.6 Å². The van der Waals surface area contributed by atoms with Gasteiger partial charge in [-0.25, -0.2) is 0 Å². The van der Waals surface area contributed by atoms with Crippen LogP contribution in [0.15, 0.2) is 35.6 Å². The molecule has 0 amide bonds. The van der Waals surface area contributed by atoms with Crippen LogP contribution in [-0.2, 0) is 0 Å². The zero-order valence-corrected chi connectivity index (χ0v) is 8.36. The molecule has 0 atom stereocenters. The fourth-order valence-electron chi connectivity index (χ4n) is 1.39. The molecule has 0 saturated heterocycles. The van der Waals surface area contributed by atoms with Crippen molar-refractivity contribution < 1.29 is 4.92 Å². The summed E-state index contributed by atoms with van der Waals surface area (Å²) in [5.41, 5.74) is 1.64. The van der Waals surface area contributed by atoms with Crippen LogP contribution in [0.25, 0.3) is 17.0 Å². The monoisotopic (exact) mass is 222 g/mol. The fourth-order valence-corrected chi connectivity index (χ4v) is 1.51. The van der Waals surface area contributed by atoms with Crippen LogP contribution >= 0.6 is 11.6 Å². The Balaban J connectivity index is 2.54. The first-order valence-electron chi connectivity index (χ1n) is 4.26. The van der Waals surface area contributed by atoms with Gasteiger partial charge in [0.05, 0.1) is 4.92 Å². The molecular formula is C10H7ClN2O2. The van der Waals surface area contributed by atoms with E-state index in [1.807, 2.05) is 24.3 Å². The molecule has 1 heterocycles. The highest BCUT2D eigenvalue weighted by molar-refractivity contribution is 6.30. The van der Waals surface area contributed by atoms with Crippen LogP contribution in [0.5, 0.6) is 0 Å². The van der Waals surface area contributed by atoms with Crippen LogP contribution in [0, 0.1) is 10.1 Å². The van der Waals surface area contributed by atoms with E-state index < -0.39 is 4.92 Å². The smallest absolute Gasteiger partial charge is 0.337 e. The Morgan fingerprint density at radius 2 is 2.20 bits per heavy atom. The minimum absolute atomic E-state index is 0.389. The van der Waals surface area contributed by atoms with Gasteiger partial charge in [0.25, 0.3) is 0 Å². The van der Waals surface area contributed by atoms with Crippen LogP contribution in [0.1, 0.15) is 5.56 Å². The predicted molar refractivity (Wildman–Crippen MR) is 59.1 cm³/mol. The number of aromatic amines is 1. The summed E-state index contributed by atoms with van der Waals surface area (Å²) in [6, 6.07) is 7.53. The van der Waals surface area contributed by atoms with Gasteiger partial charge in [-0.05, 0) is 17.7 Å². The number of hydrogen-bond donors (Lipinski definition) is 1. The summed E-state index contributed by atoms with van der Waals surface area (Å²) in [5.74, 6) is 0. The second kappa shape index (κ2) is 3.74. The lowest BCUT2D eigenvalue weighted by atomic mass is 10.2. The van der Waals surface area contributed by atoms with Gasteiger partial charge in [0, 0.05) is 28.7 Å². The first kappa shape index (κ1) is 9.73. The number of H-pyrrole nitrogens is 1. The molecule has 0 radical (unpaired) electrons. The first-order chi connectivity index (χ1) is 7.18. The number of benzene rings is 1. The number of para-hydroxylation sites is 1. The minimum atomic E-state index is -0.622. The van der Waals surface area contributed by atoms with Crippen LogP contribution < -0.4 is 0 Å². The van der Waals surface area contributed by atoms with Gasteiger partial charge in [-0.15, -0.1) is 0 Å². The summed E-state index contributed by atoms with van der Waals surface area (Å²) in [6.07, 6.45) is 3.02. The molecule has 0 aliphatic heterocycles. The lowest BCUT2D eigenvalue weighted by molar-refractivity contribution is -0.410. The standard InChI is InChI=1S/C10H7ClN2O2/c11-10(13(14)15)5-7-6-12-9-4-2-1-3-8(7)9/h1-6,12H. The molecule has 0 aliphatic rings. The summed E-state index contributed by atoms with van der Waals surface area (Å²) in [5, 5.41) is 10.9. The Kier molecular flexibility index (Phi) is 2.43. The molecule has 76 valence electrons. The van der Waals surface area contributed by atoms with E-state index in [-0.39, 0.29) is 5.16 Å². The van der Waals surface area contributed by atoms with Gasteiger partial charge < -0.3 is 4.98 Å². The number of aromatic nitrogens is 1. The Hall–Kier alpha value is -1.81. The average molecular weight is 223 g/mol. The molecule has 15 heavy (non-hydrogen) atoms. The summed E-state index contributed by atoms with van der Waals surface area (Å²) >= 11 is 5.46. The highest BCUT2D eigenvalue weighted by Gasteiger charge is 2.08. The number of halogens is 1. The average Bonchev–Trinajstić information content (AvgIpc) is 2.62. The van der Waals surface area contributed by atoms with Crippen molar-refractivity contribution in [2.45, 2.75) is 0 Å². The highest BCUT2D eigenvalue weighted by atomic mass is 35.5. The molecule has 0 bridgehead atoms. The van der Waals surface area contributed by atoms with E-state index in [9.17, 15) is 10.1 Å². The molecule has 0 fully saturated rings. The topological polar surface area (TPSA) is 58.9 Å². The molecule has 0 spiro atoms. The van der Waals surface area contributed by atoms with Crippen LogP contribution in [-0.4, -0.2) is 9.91 Å². The second-order valence-corrected chi connectivity index (χ2v) is 3.40. The van der Waals surface area contributed by atoms with Gasteiger partial charge >= 0.3 is 5.16 Å². The minimum Gasteiger partial charge on any atom is -0.361 e. The van der Waals surface area contributed by atoms with Crippen LogP contribution in [0.4, 0.5) is 0 Å². The number of hydrogen-bond acceptors (Lipinski definition) is 2. The summed E-state index contributed by atoms with van der Waals surface area (Å²) in [6.45, 7) is 0. The number of nitro groups is 1. The molecule has 0 unspecified atom stereocenters. The molecule has 0 aliphatic carbocycles. The van der Waals surface area contributed by atoms with Crippen LogP contribution in [0.2, 0.25) is 0 Å². The molecule has 1 N–H and O–H groups in total. The van der Waals surface area contributed by atoms with E-state index in [2.05, 4.69) is 4.98 Å². The Labute approximate surface area is 90.3 Å². The van der Waals surface area contributed by atoms with Crippen molar-refractivity contribution in [3.8, 4) is 0 Å². The Bertz CT molecular complexity index is 545. The third-order valence-corrected chi connectivity index (χ3v) is 2.32. The van der Waals surface area contributed by atoms with Gasteiger partial charge in [-0.2, -0.15) is 0 Å². The molecule has 1 aromatic heterocycles. The van der Waals surface area contributed by atoms with Gasteiger partial charge in [0.2, 0.25) is 0 Å². The Morgan fingerprint density at radius 1 is 1.47 bits per heavy atom. The van der Waals surface area contributed by atoms with E-state index in [0.717, 1.165) is 10.9 Å². The fraction of sp³-hybridized carbons (Fsp3) is 0. The van der Waals surface area contributed by atoms with Gasteiger partial charge in [0.1, 0.15) is 0 Å². The first-order valence-corrected chi connectivity index (χ1v) is 4.64. The third-order valence-electron chi connectivity index (χ3n) is 2.07. The number of rotatable bonds is 2. The molecule has 2 aromatic rings.